The first-order chi connectivity index (χ1) is 7.41. The van der Waals surface area contributed by atoms with E-state index in [0.29, 0.717) is 12.0 Å². The minimum atomic E-state index is -0.360. The Kier molecular flexibility index (Phi) is 4.74. The van der Waals surface area contributed by atoms with Gasteiger partial charge in [-0.1, -0.05) is 0 Å². The van der Waals surface area contributed by atoms with Gasteiger partial charge in [0.2, 0.25) is 5.91 Å². The van der Waals surface area contributed by atoms with Crippen molar-refractivity contribution in [1.82, 2.24) is 9.80 Å². The molecule has 4 nitrogen and oxygen atoms in total. The summed E-state index contributed by atoms with van der Waals surface area (Å²) in [4.78, 5) is 15.9. The van der Waals surface area contributed by atoms with Gasteiger partial charge in [-0.3, -0.25) is 4.79 Å². The van der Waals surface area contributed by atoms with Crippen molar-refractivity contribution < 1.29 is 4.79 Å². The van der Waals surface area contributed by atoms with Crippen LogP contribution in [0.2, 0.25) is 0 Å². The van der Waals surface area contributed by atoms with Crippen LogP contribution in [0.5, 0.6) is 0 Å². The third kappa shape index (κ3) is 3.46. The molecular weight excluding hydrogens is 202 g/mol. The fourth-order valence-electron chi connectivity index (χ4n) is 2.09. The highest BCUT2D eigenvalue weighted by Crippen LogP contribution is 2.18. The van der Waals surface area contributed by atoms with Gasteiger partial charge in [-0.15, -0.1) is 0 Å². The summed E-state index contributed by atoms with van der Waals surface area (Å²) in [5.41, 5.74) is 5.61. The molecule has 1 unspecified atom stereocenters. The van der Waals surface area contributed by atoms with Crippen molar-refractivity contribution in [1.29, 1.82) is 0 Å². The summed E-state index contributed by atoms with van der Waals surface area (Å²) < 4.78 is 0. The molecule has 1 aliphatic heterocycles. The van der Waals surface area contributed by atoms with Gasteiger partial charge in [-0.05, 0) is 40.2 Å². The number of nitrogens with two attached hydrogens (primary N) is 1. The molecule has 1 rings (SSSR count). The standard InChI is InChI=1S/C12H25N3O/c1-9(2)14(4)7-11-5-6-15(8-11)12(16)10(3)13/h9-11H,5-8,13H2,1-4H3/t10-,11?/m0/s1. The Morgan fingerprint density at radius 2 is 2.12 bits per heavy atom. The van der Waals surface area contributed by atoms with Gasteiger partial charge < -0.3 is 15.5 Å². The lowest BCUT2D eigenvalue weighted by molar-refractivity contribution is -0.131. The van der Waals surface area contributed by atoms with Gasteiger partial charge in [0, 0.05) is 25.7 Å². The minimum Gasteiger partial charge on any atom is -0.341 e. The first-order valence-corrected chi connectivity index (χ1v) is 6.16. The van der Waals surface area contributed by atoms with Crippen LogP contribution in [0.3, 0.4) is 0 Å². The number of carbonyl (C=O) groups is 1. The summed E-state index contributed by atoms with van der Waals surface area (Å²) in [6.07, 6.45) is 1.11. The maximum Gasteiger partial charge on any atom is 0.239 e. The van der Waals surface area contributed by atoms with Gasteiger partial charge in [0.25, 0.3) is 0 Å². The Labute approximate surface area is 98.8 Å². The average molecular weight is 227 g/mol. The Morgan fingerprint density at radius 3 is 2.62 bits per heavy atom. The SMILES string of the molecule is CC(C)N(C)CC1CCN(C(=O)[C@H](C)N)C1. The Balaban J connectivity index is 2.38. The molecule has 0 aromatic carbocycles. The van der Waals surface area contributed by atoms with Crippen LogP contribution in [-0.2, 0) is 4.79 Å². The van der Waals surface area contributed by atoms with E-state index in [1.807, 2.05) is 4.90 Å². The summed E-state index contributed by atoms with van der Waals surface area (Å²) in [6.45, 7) is 8.96. The van der Waals surface area contributed by atoms with Gasteiger partial charge in [0.1, 0.15) is 0 Å². The molecule has 0 saturated carbocycles. The number of amides is 1. The minimum absolute atomic E-state index is 0.0923. The van der Waals surface area contributed by atoms with Crippen molar-refractivity contribution in [3.05, 3.63) is 0 Å². The molecule has 0 aliphatic carbocycles. The molecule has 0 radical (unpaired) electrons. The van der Waals surface area contributed by atoms with Crippen molar-refractivity contribution in [2.75, 3.05) is 26.7 Å². The second-order valence-corrected chi connectivity index (χ2v) is 5.26. The Morgan fingerprint density at radius 1 is 1.50 bits per heavy atom. The lowest BCUT2D eigenvalue weighted by Gasteiger charge is -2.25. The molecule has 1 heterocycles. The summed E-state index contributed by atoms with van der Waals surface area (Å²) in [6, 6.07) is 0.208. The van der Waals surface area contributed by atoms with E-state index in [2.05, 4.69) is 25.8 Å². The lowest BCUT2D eigenvalue weighted by Crippen LogP contribution is -2.41. The maximum absolute atomic E-state index is 11.7. The number of nitrogens with zero attached hydrogens (tertiary/aromatic N) is 2. The highest BCUT2D eigenvalue weighted by Gasteiger charge is 2.28. The van der Waals surface area contributed by atoms with E-state index in [9.17, 15) is 4.79 Å². The lowest BCUT2D eigenvalue weighted by atomic mass is 10.1. The van der Waals surface area contributed by atoms with Crippen molar-refractivity contribution in [2.24, 2.45) is 11.7 Å². The van der Waals surface area contributed by atoms with Crippen molar-refractivity contribution in [2.45, 2.75) is 39.3 Å². The Hall–Kier alpha value is -0.610. The number of rotatable bonds is 4. The first kappa shape index (κ1) is 13.5. The van der Waals surface area contributed by atoms with E-state index in [1.165, 1.54) is 0 Å². The van der Waals surface area contributed by atoms with Crippen LogP contribution in [0.4, 0.5) is 0 Å². The number of hydrogen-bond donors (Lipinski definition) is 1. The number of hydrogen-bond acceptors (Lipinski definition) is 3. The quantitative estimate of drug-likeness (QED) is 0.762. The number of likely N-dealkylation sites (tertiary alicyclic amines) is 1. The Bertz CT molecular complexity index is 240. The zero-order valence-corrected chi connectivity index (χ0v) is 10.9. The van der Waals surface area contributed by atoms with E-state index in [-0.39, 0.29) is 11.9 Å². The van der Waals surface area contributed by atoms with Crippen LogP contribution in [0, 0.1) is 5.92 Å². The zero-order valence-electron chi connectivity index (χ0n) is 10.9. The molecule has 0 bridgehead atoms. The molecule has 0 aromatic rings. The van der Waals surface area contributed by atoms with Crippen LogP contribution in [0.1, 0.15) is 27.2 Å². The summed E-state index contributed by atoms with van der Waals surface area (Å²) in [5.74, 6) is 0.699. The van der Waals surface area contributed by atoms with Crippen LogP contribution in [-0.4, -0.2) is 54.5 Å². The largest absolute Gasteiger partial charge is 0.341 e. The fourth-order valence-corrected chi connectivity index (χ4v) is 2.09. The summed E-state index contributed by atoms with van der Waals surface area (Å²) >= 11 is 0. The van der Waals surface area contributed by atoms with Gasteiger partial charge >= 0.3 is 0 Å². The predicted octanol–water partition coefficient (Wildman–Crippen LogP) is 0.522. The first-order valence-electron chi connectivity index (χ1n) is 6.16. The molecule has 16 heavy (non-hydrogen) atoms. The highest BCUT2D eigenvalue weighted by atomic mass is 16.2. The predicted molar refractivity (Wildman–Crippen MR) is 66.1 cm³/mol. The highest BCUT2D eigenvalue weighted by molar-refractivity contribution is 5.81. The summed E-state index contributed by atoms with van der Waals surface area (Å²) in [7, 11) is 2.14. The molecule has 1 fully saturated rings. The molecule has 0 aromatic heterocycles. The van der Waals surface area contributed by atoms with E-state index in [1.54, 1.807) is 6.92 Å². The molecule has 4 heteroatoms. The van der Waals surface area contributed by atoms with Crippen molar-refractivity contribution in [3.63, 3.8) is 0 Å². The van der Waals surface area contributed by atoms with E-state index < -0.39 is 0 Å². The third-order valence-electron chi connectivity index (χ3n) is 3.41. The summed E-state index contributed by atoms with van der Waals surface area (Å²) in [5, 5.41) is 0. The molecule has 1 amide bonds. The molecule has 1 saturated heterocycles. The molecule has 94 valence electrons. The number of carbonyl (C=O) groups excluding carboxylic acids is 1. The smallest absolute Gasteiger partial charge is 0.239 e. The van der Waals surface area contributed by atoms with E-state index in [0.717, 1.165) is 26.1 Å². The molecule has 0 spiro atoms. The monoisotopic (exact) mass is 227 g/mol. The van der Waals surface area contributed by atoms with Gasteiger partial charge in [0.05, 0.1) is 6.04 Å². The van der Waals surface area contributed by atoms with Crippen molar-refractivity contribution in [3.8, 4) is 0 Å². The van der Waals surface area contributed by atoms with E-state index >= 15 is 0 Å². The third-order valence-corrected chi connectivity index (χ3v) is 3.41. The molecular formula is C12H25N3O. The van der Waals surface area contributed by atoms with Crippen LogP contribution in [0.25, 0.3) is 0 Å². The normalized spacial score (nSPS) is 23.2. The molecule has 2 N–H and O–H groups in total. The van der Waals surface area contributed by atoms with Crippen molar-refractivity contribution >= 4 is 5.91 Å². The zero-order chi connectivity index (χ0) is 12.3. The maximum atomic E-state index is 11.7. The second-order valence-electron chi connectivity index (χ2n) is 5.26. The topological polar surface area (TPSA) is 49.6 Å². The van der Waals surface area contributed by atoms with E-state index in [4.69, 9.17) is 5.73 Å². The fraction of sp³-hybridized carbons (Fsp3) is 0.917. The van der Waals surface area contributed by atoms with Crippen LogP contribution in [0.15, 0.2) is 0 Å². The molecule has 2 atom stereocenters. The average Bonchev–Trinajstić information content (AvgIpc) is 2.64. The van der Waals surface area contributed by atoms with Gasteiger partial charge in [-0.25, -0.2) is 0 Å². The second kappa shape index (κ2) is 5.64. The molecule has 1 aliphatic rings. The van der Waals surface area contributed by atoms with Crippen LogP contribution >= 0.6 is 0 Å². The van der Waals surface area contributed by atoms with Crippen LogP contribution < -0.4 is 5.73 Å². The van der Waals surface area contributed by atoms with Gasteiger partial charge in [-0.2, -0.15) is 0 Å². The van der Waals surface area contributed by atoms with Gasteiger partial charge in [0.15, 0.2) is 0 Å².